The van der Waals surface area contributed by atoms with E-state index in [1.165, 1.54) is 43.6 Å². The Bertz CT molecular complexity index is 181. The third kappa shape index (κ3) is 7.32. The first kappa shape index (κ1) is 15.3. The number of rotatable bonds is 9. The molecular formula is C14H29NOS. The fourth-order valence-corrected chi connectivity index (χ4v) is 3.45. The van der Waals surface area contributed by atoms with Gasteiger partial charge in [-0.3, -0.25) is 0 Å². The van der Waals surface area contributed by atoms with Crippen molar-refractivity contribution < 1.29 is 4.74 Å². The highest BCUT2D eigenvalue weighted by atomic mass is 32.2. The van der Waals surface area contributed by atoms with Crippen molar-refractivity contribution in [2.45, 2.75) is 58.1 Å². The molecule has 1 N–H and O–H groups in total. The molecule has 0 aromatic heterocycles. The first-order chi connectivity index (χ1) is 8.22. The van der Waals surface area contributed by atoms with Crippen molar-refractivity contribution in [2.75, 3.05) is 25.2 Å². The Balaban J connectivity index is 2.01. The first-order valence-electron chi connectivity index (χ1n) is 7.09. The van der Waals surface area contributed by atoms with Gasteiger partial charge in [-0.1, -0.05) is 13.8 Å². The summed E-state index contributed by atoms with van der Waals surface area (Å²) in [6.45, 7) is 5.57. The Labute approximate surface area is 111 Å². The van der Waals surface area contributed by atoms with Crippen LogP contribution in [-0.4, -0.2) is 37.3 Å². The summed E-state index contributed by atoms with van der Waals surface area (Å²) in [5.74, 6) is 3.34. The van der Waals surface area contributed by atoms with E-state index >= 15 is 0 Å². The molecule has 2 nitrogen and oxygen atoms in total. The molecular weight excluding hydrogens is 230 g/mol. The maximum atomic E-state index is 5.66. The van der Waals surface area contributed by atoms with Crippen LogP contribution in [0.25, 0.3) is 0 Å². The Kier molecular flexibility index (Phi) is 8.33. The molecule has 1 fully saturated rings. The molecule has 0 bridgehead atoms. The molecule has 0 radical (unpaired) electrons. The van der Waals surface area contributed by atoms with Crippen LogP contribution in [-0.2, 0) is 4.74 Å². The lowest BCUT2D eigenvalue weighted by Gasteiger charge is -2.17. The Hall–Kier alpha value is 0.270. The SMILES string of the molecule is CNC(CCCC1CCCO1)CSCC(C)C. The highest BCUT2D eigenvalue weighted by molar-refractivity contribution is 7.99. The largest absolute Gasteiger partial charge is 0.378 e. The van der Waals surface area contributed by atoms with Crippen LogP contribution in [0.5, 0.6) is 0 Å². The average molecular weight is 259 g/mol. The van der Waals surface area contributed by atoms with Crippen molar-refractivity contribution in [1.29, 1.82) is 0 Å². The van der Waals surface area contributed by atoms with Crippen LogP contribution in [0.4, 0.5) is 0 Å². The topological polar surface area (TPSA) is 21.3 Å². The third-order valence-corrected chi connectivity index (χ3v) is 4.82. The minimum Gasteiger partial charge on any atom is -0.378 e. The summed E-state index contributed by atoms with van der Waals surface area (Å²) < 4.78 is 5.66. The van der Waals surface area contributed by atoms with E-state index in [1.807, 2.05) is 0 Å². The number of ether oxygens (including phenoxy) is 1. The zero-order chi connectivity index (χ0) is 12.5. The molecule has 0 saturated carbocycles. The zero-order valence-electron chi connectivity index (χ0n) is 11.7. The molecule has 17 heavy (non-hydrogen) atoms. The van der Waals surface area contributed by atoms with E-state index in [9.17, 15) is 0 Å². The molecule has 1 saturated heterocycles. The van der Waals surface area contributed by atoms with E-state index < -0.39 is 0 Å². The summed E-state index contributed by atoms with van der Waals surface area (Å²) in [6, 6.07) is 0.681. The van der Waals surface area contributed by atoms with Crippen LogP contribution in [0.15, 0.2) is 0 Å². The molecule has 1 aliphatic rings. The maximum absolute atomic E-state index is 5.66. The van der Waals surface area contributed by atoms with Crippen LogP contribution < -0.4 is 5.32 Å². The molecule has 0 aromatic rings. The van der Waals surface area contributed by atoms with E-state index in [1.54, 1.807) is 0 Å². The molecule has 1 rings (SSSR count). The molecule has 2 unspecified atom stereocenters. The minimum atomic E-state index is 0.566. The van der Waals surface area contributed by atoms with Crippen LogP contribution in [0.2, 0.25) is 0 Å². The lowest BCUT2D eigenvalue weighted by Crippen LogP contribution is -2.28. The maximum Gasteiger partial charge on any atom is 0.0576 e. The van der Waals surface area contributed by atoms with Crippen molar-refractivity contribution in [3.05, 3.63) is 0 Å². The second kappa shape index (κ2) is 9.23. The lowest BCUT2D eigenvalue weighted by molar-refractivity contribution is 0.101. The highest BCUT2D eigenvalue weighted by Gasteiger charge is 2.15. The zero-order valence-corrected chi connectivity index (χ0v) is 12.5. The van der Waals surface area contributed by atoms with E-state index in [2.05, 4.69) is 38.0 Å². The summed E-state index contributed by atoms with van der Waals surface area (Å²) in [5, 5.41) is 3.44. The molecule has 102 valence electrons. The van der Waals surface area contributed by atoms with Gasteiger partial charge in [-0.2, -0.15) is 11.8 Å². The van der Waals surface area contributed by atoms with Gasteiger partial charge in [0, 0.05) is 18.4 Å². The number of thioether (sulfide) groups is 1. The predicted octanol–water partition coefficient (Wildman–Crippen LogP) is 3.31. The standard InChI is InChI=1S/C14H29NOS/c1-12(2)10-17-11-13(15-3)6-4-7-14-8-5-9-16-14/h12-15H,4-11H2,1-3H3. The smallest absolute Gasteiger partial charge is 0.0576 e. The van der Waals surface area contributed by atoms with Crippen molar-refractivity contribution in [2.24, 2.45) is 5.92 Å². The molecule has 0 spiro atoms. The van der Waals surface area contributed by atoms with Crippen molar-refractivity contribution >= 4 is 11.8 Å². The van der Waals surface area contributed by atoms with E-state index in [0.29, 0.717) is 12.1 Å². The van der Waals surface area contributed by atoms with Gasteiger partial charge in [0.15, 0.2) is 0 Å². The van der Waals surface area contributed by atoms with Crippen LogP contribution in [0.3, 0.4) is 0 Å². The number of hydrogen-bond acceptors (Lipinski definition) is 3. The van der Waals surface area contributed by atoms with Gasteiger partial charge in [-0.15, -0.1) is 0 Å². The summed E-state index contributed by atoms with van der Waals surface area (Å²) in [7, 11) is 2.09. The fourth-order valence-electron chi connectivity index (χ4n) is 2.22. The number of nitrogens with one attached hydrogen (secondary N) is 1. The quantitative estimate of drug-likeness (QED) is 0.686. The van der Waals surface area contributed by atoms with E-state index in [0.717, 1.165) is 12.5 Å². The van der Waals surface area contributed by atoms with Gasteiger partial charge in [-0.05, 0) is 50.8 Å². The molecule has 2 atom stereocenters. The molecule has 1 heterocycles. The molecule has 1 aliphatic heterocycles. The monoisotopic (exact) mass is 259 g/mol. The van der Waals surface area contributed by atoms with Gasteiger partial charge in [0.05, 0.1) is 6.10 Å². The first-order valence-corrected chi connectivity index (χ1v) is 8.24. The van der Waals surface area contributed by atoms with Crippen molar-refractivity contribution in [1.82, 2.24) is 5.32 Å². The summed E-state index contributed by atoms with van der Waals surface area (Å²) >= 11 is 2.08. The van der Waals surface area contributed by atoms with Crippen LogP contribution >= 0.6 is 11.8 Å². The second-order valence-corrected chi connectivity index (χ2v) is 6.56. The van der Waals surface area contributed by atoms with Crippen LogP contribution in [0.1, 0.15) is 46.0 Å². The van der Waals surface area contributed by atoms with Gasteiger partial charge in [-0.25, -0.2) is 0 Å². The Morgan fingerprint density at radius 3 is 2.76 bits per heavy atom. The average Bonchev–Trinajstić information content (AvgIpc) is 2.79. The lowest BCUT2D eigenvalue weighted by atomic mass is 10.1. The molecule has 0 aliphatic carbocycles. The van der Waals surface area contributed by atoms with E-state index in [-0.39, 0.29) is 0 Å². The summed E-state index contributed by atoms with van der Waals surface area (Å²) in [4.78, 5) is 0. The Morgan fingerprint density at radius 2 is 2.18 bits per heavy atom. The van der Waals surface area contributed by atoms with Gasteiger partial charge in [0.25, 0.3) is 0 Å². The molecule has 0 amide bonds. The minimum absolute atomic E-state index is 0.566. The van der Waals surface area contributed by atoms with Crippen molar-refractivity contribution in [3.8, 4) is 0 Å². The molecule has 3 heteroatoms. The highest BCUT2D eigenvalue weighted by Crippen LogP contribution is 2.19. The summed E-state index contributed by atoms with van der Waals surface area (Å²) in [5.41, 5.74) is 0. The van der Waals surface area contributed by atoms with Gasteiger partial charge >= 0.3 is 0 Å². The van der Waals surface area contributed by atoms with Crippen LogP contribution in [0, 0.1) is 5.92 Å². The fraction of sp³-hybridized carbons (Fsp3) is 1.00. The summed E-state index contributed by atoms with van der Waals surface area (Å²) in [6.07, 6.45) is 6.97. The normalized spacial score (nSPS) is 22.2. The number of hydrogen-bond donors (Lipinski definition) is 1. The Morgan fingerprint density at radius 1 is 1.35 bits per heavy atom. The van der Waals surface area contributed by atoms with E-state index in [4.69, 9.17) is 4.74 Å². The van der Waals surface area contributed by atoms with Gasteiger partial charge in [0.1, 0.15) is 0 Å². The predicted molar refractivity (Wildman–Crippen MR) is 77.8 cm³/mol. The van der Waals surface area contributed by atoms with Gasteiger partial charge < -0.3 is 10.1 Å². The second-order valence-electron chi connectivity index (χ2n) is 5.48. The van der Waals surface area contributed by atoms with Gasteiger partial charge in [0.2, 0.25) is 0 Å². The molecule has 0 aromatic carbocycles. The van der Waals surface area contributed by atoms with Crippen molar-refractivity contribution in [3.63, 3.8) is 0 Å². The third-order valence-electron chi connectivity index (χ3n) is 3.28.